The number of alkyl halides is 4. The molecule has 0 aromatic carbocycles. The highest BCUT2D eigenvalue weighted by Gasteiger charge is 2.49. The summed E-state index contributed by atoms with van der Waals surface area (Å²) in [5, 5.41) is -1.26. The van der Waals surface area contributed by atoms with Gasteiger partial charge in [0.05, 0.1) is 21.5 Å². The van der Waals surface area contributed by atoms with Gasteiger partial charge in [-0.05, 0) is 6.42 Å². The van der Waals surface area contributed by atoms with E-state index in [1.807, 2.05) is 0 Å². The van der Waals surface area contributed by atoms with E-state index in [4.69, 9.17) is 57.9 Å². The summed E-state index contributed by atoms with van der Waals surface area (Å²) in [6.07, 6.45) is 0.618. The molecule has 0 amide bonds. The molecule has 0 aliphatic heterocycles. The largest absolute Gasteiger partial charge is 0.330 e. The molecule has 1 aliphatic rings. The molecule has 1 aliphatic carbocycles. The van der Waals surface area contributed by atoms with Crippen LogP contribution in [0.5, 0.6) is 0 Å². The Bertz CT molecular complexity index is 198. The first kappa shape index (κ1) is 13.1. The van der Waals surface area contributed by atoms with Gasteiger partial charge >= 0.3 is 0 Å². The third-order valence-corrected chi connectivity index (χ3v) is 5.58. The second-order valence-corrected chi connectivity index (χ2v) is 5.82. The van der Waals surface area contributed by atoms with Crippen molar-refractivity contribution in [2.45, 2.75) is 27.9 Å². The van der Waals surface area contributed by atoms with Crippen LogP contribution in [0, 0.1) is 5.41 Å². The quantitative estimate of drug-likeness (QED) is 0.757. The molecular weight excluding hydrogens is 266 g/mol. The van der Waals surface area contributed by atoms with Crippen LogP contribution in [0.25, 0.3) is 0 Å². The summed E-state index contributed by atoms with van der Waals surface area (Å²) >= 11 is 24.4. The van der Waals surface area contributed by atoms with Crippen molar-refractivity contribution in [1.29, 1.82) is 0 Å². The van der Waals surface area contributed by atoms with Crippen molar-refractivity contribution in [2.75, 3.05) is 13.1 Å². The fourth-order valence-corrected chi connectivity index (χ4v) is 3.50. The summed E-state index contributed by atoms with van der Waals surface area (Å²) < 4.78 is 0. The van der Waals surface area contributed by atoms with E-state index >= 15 is 0 Å². The van der Waals surface area contributed by atoms with Crippen LogP contribution in [0.3, 0.4) is 0 Å². The average Bonchev–Trinajstić information content (AvgIpc) is 2.21. The van der Waals surface area contributed by atoms with Crippen molar-refractivity contribution < 1.29 is 0 Å². The summed E-state index contributed by atoms with van der Waals surface area (Å²) in [7, 11) is 0. The van der Waals surface area contributed by atoms with Gasteiger partial charge in [0.2, 0.25) is 0 Å². The van der Waals surface area contributed by atoms with Gasteiger partial charge in [-0.15, -0.1) is 46.4 Å². The molecule has 0 aromatic rings. The number of rotatable bonds is 2. The Balaban J connectivity index is 2.88. The molecule has 0 spiro atoms. The van der Waals surface area contributed by atoms with Crippen LogP contribution in [-0.4, -0.2) is 34.6 Å². The van der Waals surface area contributed by atoms with Crippen molar-refractivity contribution in [3.05, 3.63) is 0 Å². The van der Waals surface area contributed by atoms with E-state index in [1.165, 1.54) is 0 Å². The van der Waals surface area contributed by atoms with Gasteiger partial charge in [-0.1, -0.05) is 0 Å². The van der Waals surface area contributed by atoms with Crippen LogP contribution in [0.2, 0.25) is 0 Å². The van der Waals surface area contributed by atoms with Crippen LogP contribution in [-0.2, 0) is 0 Å². The number of hydrogen-bond donors (Lipinski definition) is 2. The molecule has 0 bridgehead atoms. The zero-order chi connectivity index (χ0) is 10.9. The van der Waals surface area contributed by atoms with Crippen molar-refractivity contribution in [1.82, 2.24) is 0 Å². The SMILES string of the molecule is NCC1(CN)CC(Cl)C(Cl)C(Cl)C1Cl. The van der Waals surface area contributed by atoms with Gasteiger partial charge in [0.15, 0.2) is 0 Å². The Labute approximate surface area is 104 Å². The fourth-order valence-electron chi connectivity index (χ4n) is 1.79. The molecule has 1 fully saturated rings. The van der Waals surface area contributed by atoms with Gasteiger partial charge in [0.25, 0.3) is 0 Å². The smallest absolute Gasteiger partial charge is 0.0684 e. The van der Waals surface area contributed by atoms with Crippen molar-refractivity contribution in [3.8, 4) is 0 Å². The van der Waals surface area contributed by atoms with E-state index in [1.54, 1.807) is 0 Å². The predicted octanol–water partition coefficient (Wildman–Crippen LogP) is 1.72. The topological polar surface area (TPSA) is 52.0 Å². The van der Waals surface area contributed by atoms with Crippen molar-refractivity contribution in [3.63, 3.8) is 0 Å². The lowest BCUT2D eigenvalue weighted by Crippen LogP contribution is -2.57. The van der Waals surface area contributed by atoms with E-state index in [-0.39, 0.29) is 26.9 Å². The molecule has 84 valence electrons. The van der Waals surface area contributed by atoms with E-state index < -0.39 is 0 Å². The Morgan fingerprint density at radius 1 is 1.00 bits per heavy atom. The molecule has 1 saturated carbocycles. The molecule has 14 heavy (non-hydrogen) atoms. The maximum Gasteiger partial charge on any atom is 0.0684 e. The molecule has 0 heterocycles. The van der Waals surface area contributed by atoms with Crippen LogP contribution < -0.4 is 11.5 Å². The van der Waals surface area contributed by atoms with Crippen molar-refractivity contribution >= 4 is 46.4 Å². The second-order valence-electron chi connectivity index (χ2n) is 3.78. The maximum atomic E-state index is 6.22. The third-order valence-electron chi connectivity index (χ3n) is 2.93. The lowest BCUT2D eigenvalue weighted by molar-refractivity contribution is 0.224. The van der Waals surface area contributed by atoms with Crippen LogP contribution in [0.4, 0.5) is 0 Å². The number of halogens is 4. The number of nitrogens with two attached hydrogens (primary N) is 2. The summed E-state index contributed by atoms with van der Waals surface area (Å²) in [5.74, 6) is 0. The summed E-state index contributed by atoms with van der Waals surface area (Å²) in [6.45, 7) is 0.765. The maximum absolute atomic E-state index is 6.22. The third kappa shape index (κ3) is 2.11. The van der Waals surface area contributed by atoms with Gasteiger partial charge in [-0.2, -0.15) is 0 Å². The predicted molar refractivity (Wildman–Crippen MR) is 63.7 cm³/mol. The summed E-state index contributed by atoms with van der Waals surface area (Å²) in [6, 6.07) is 0. The summed E-state index contributed by atoms with van der Waals surface area (Å²) in [5.41, 5.74) is 11.0. The molecular formula is C8H14Cl4N2. The Morgan fingerprint density at radius 3 is 1.93 bits per heavy atom. The van der Waals surface area contributed by atoms with E-state index in [0.717, 1.165) is 0 Å². The standard InChI is InChI=1S/C8H14Cl4N2/c9-4-1-8(2-13,3-14)7(12)6(11)5(4)10/h4-7H,1-3,13-14H2. The molecule has 2 nitrogen and oxygen atoms in total. The van der Waals surface area contributed by atoms with Crippen molar-refractivity contribution in [2.24, 2.45) is 16.9 Å². The molecule has 0 radical (unpaired) electrons. The summed E-state index contributed by atoms with van der Waals surface area (Å²) in [4.78, 5) is 0. The van der Waals surface area contributed by atoms with E-state index in [2.05, 4.69) is 0 Å². The minimum atomic E-state index is -0.387. The van der Waals surface area contributed by atoms with Gasteiger partial charge in [0.1, 0.15) is 0 Å². The molecule has 1 rings (SSSR count). The van der Waals surface area contributed by atoms with E-state index in [9.17, 15) is 0 Å². The first-order valence-electron chi connectivity index (χ1n) is 4.45. The van der Waals surface area contributed by atoms with Crippen LogP contribution >= 0.6 is 46.4 Å². The number of hydrogen-bond acceptors (Lipinski definition) is 2. The fraction of sp³-hybridized carbons (Fsp3) is 1.00. The monoisotopic (exact) mass is 278 g/mol. The Morgan fingerprint density at radius 2 is 1.50 bits per heavy atom. The zero-order valence-corrected chi connectivity index (χ0v) is 10.6. The van der Waals surface area contributed by atoms with Crippen LogP contribution in [0.15, 0.2) is 0 Å². The molecule has 0 aromatic heterocycles. The van der Waals surface area contributed by atoms with Crippen LogP contribution in [0.1, 0.15) is 6.42 Å². The molecule has 4 unspecified atom stereocenters. The van der Waals surface area contributed by atoms with Gasteiger partial charge in [-0.3, -0.25) is 0 Å². The minimum Gasteiger partial charge on any atom is -0.330 e. The highest BCUT2D eigenvalue weighted by molar-refractivity contribution is 6.38. The first-order valence-corrected chi connectivity index (χ1v) is 6.19. The van der Waals surface area contributed by atoms with Gasteiger partial charge < -0.3 is 11.5 Å². The zero-order valence-electron chi connectivity index (χ0n) is 7.60. The highest BCUT2D eigenvalue weighted by atomic mass is 35.5. The molecule has 4 atom stereocenters. The lowest BCUT2D eigenvalue weighted by Gasteiger charge is -2.46. The van der Waals surface area contributed by atoms with Gasteiger partial charge in [0, 0.05) is 18.5 Å². The van der Waals surface area contributed by atoms with E-state index in [0.29, 0.717) is 19.5 Å². The highest BCUT2D eigenvalue weighted by Crippen LogP contribution is 2.44. The molecule has 6 heteroatoms. The second kappa shape index (κ2) is 4.94. The van der Waals surface area contributed by atoms with Gasteiger partial charge in [-0.25, -0.2) is 0 Å². The normalized spacial score (nSPS) is 42.4. The lowest BCUT2D eigenvalue weighted by atomic mass is 9.73. The Hall–Kier alpha value is 1.08. The molecule has 4 N–H and O–H groups in total. The minimum absolute atomic E-state index is 0.221. The molecule has 0 saturated heterocycles. The Kier molecular flexibility index (Phi) is 4.64. The average molecular weight is 280 g/mol. The first-order chi connectivity index (χ1) is 6.48.